The van der Waals surface area contributed by atoms with Crippen molar-refractivity contribution in [3.8, 4) is 0 Å². The van der Waals surface area contributed by atoms with E-state index in [1.54, 1.807) is 6.20 Å². The van der Waals surface area contributed by atoms with E-state index in [9.17, 15) is 9.59 Å². The van der Waals surface area contributed by atoms with Gasteiger partial charge in [0, 0.05) is 42.7 Å². The largest absolute Gasteiger partial charge is 0.342 e. The van der Waals surface area contributed by atoms with Crippen molar-refractivity contribution in [2.24, 2.45) is 0 Å². The van der Waals surface area contributed by atoms with E-state index < -0.39 is 0 Å². The van der Waals surface area contributed by atoms with Crippen LogP contribution in [0.5, 0.6) is 0 Å². The molecule has 1 fully saturated rings. The molecular weight excluding hydrogens is 278 g/mol. The van der Waals surface area contributed by atoms with Crippen molar-refractivity contribution in [3.05, 3.63) is 40.4 Å². The number of nitrogens with zero attached hydrogens (tertiary/aromatic N) is 2. The minimum atomic E-state index is -0.148. The summed E-state index contributed by atoms with van der Waals surface area (Å²) in [6, 6.07) is 5.75. The predicted molar refractivity (Wildman–Crippen MR) is 85.8 cm³/mol. The van der Waals surface area contributed by atoms with Crippen LogP contribution >= 0.6 is 0 Å². The maximum absolute atomic E-state index is 12.2. The number of hydrogen-bond acceptors (Lipinski definition) is 3. The van der Waals surface area contributed by atoms with Crippen molar-refractivity contribution in [1.29, 1.82) is 0 Å². The van der Waals surface area contributed by atoms with E-state index in [4.69, 9.17) is 0 Å². The summed E-state index contributed by atoms with van der Waals surface area (Å²) in [4.78, 5) is 33.3. The molecule has 1 atom stereocenters. The quantitative estimate of drug-likeness (QED) is 0.946. The van der Waals surface area contributed by atoms with Crippen LogP contribution in [-0.2, 0) is 4.79 Å². The van der Waals surface area contributed by atoms with E-state index in [0.29, 0.717) is 18.5 Å². The number of carbonyl (C=O) groups excluding carboxylic acids is 1. The number of carbonyl (C=O) groups is 1. The summed E-state index contributed by atoms with van der Waals surface area (Å²) in [6.45, 7) is 3.54. The average molecular weight is 299 g/mol. The van der Waals surface area contributed by atoms with Crippen LogP contribution in [0.4, 0.5) is 0 Å². The van der Waals surface area contributed by atoms with Crippen LogP contribution in [0.15, 0.2) is 29.2 Å². The van der Waals surface area contributed by atoms with E-state index >= 15 is 0 Å². The number of piperidine rings is 1. The molecule has 3 rings (SSSR count). The van der Waals surface area contributed by atoms with E-state index in [0.717, 1.165) is 36.9 Å². The van der Waals surface area contributed by atoms with Crippen LogP contribution < -0.4 is 5.56 Å². The van der Waals surface area contributed by atoms with E-state index in [-0.39, 0.29) is 17.4 Å². The molecule has 5 nitrogen and oxygen atoms in total. The number of aromatic amines is 1. The Hall–Kier alpha value is -2.17. The lowest BCUT2D eigenvalue weighted by Crippen LogP contribution is -2.39. The Kier molecular flexibility index (Phi) is 4.22. The Morgan fingerprint density at radius 2 is 2.36 bits per heavy atom. The number of aromatic nitrogens is 2. The monoisotopic (exact) mass is 299 g/mol. The van der Waals surface area contributed by atoms with Crippen molar-refractivity contribution in [1.82, 2.24) is 14.9 Å². The lowest BCUT2D eigenvalue weighted by atomic mass is 9.93. The third kappa shape index (κ3) is 2.89. The number of fused-ring (bicyclic) bond motifs is 1. The van der Waals surface area contributed by atoms with Gasteiger partial charge in [-0.15, -0.1) is 0 Å². The van der Waals surface area contributed by atoms with Crippen molar-refractivity contribution in [3.63, 3.8) is 0 Å². The van der Waals surface area contributed by atoms with Gasteiger partial charge >= 0.3 is 0 Å². The SMILES string of the molecule is CCCC(=O)N1CCC[C@H](c2cc3cccnc3c(=O)[nH]2)C1. The van der Waals surface area contributed by atoms with E-state index in [2.05, 4.69) is 9.97 Å². The Morgan fingerprint density at radius 3 is 3.18 bits per heavy atom. The van der Waals surface area contributed by atoms with Gasteiger partial charge in [0.15, 0.2) is 0 Å². The molecule has 3 heterocycles. The molecule has 0 spiro atoms. The standard InChI is InChI=1S/C17H21N3O2/c1-2-5-15(21)20-9-4-7-13(11-20)14-10-12-6-3-8-18-16(12)17(22)19-14/h3,6,8,10,13H,2,4-5,7,9,11H2,1H3,(H,19,22)/t13-/m0/s1. The summed E-state index contributed by atoms with van der Waals surface area (Å²) in [5.74, 6) is 0.420. The average Bonchev–Trinajstić information content (AvgIpc) is 2.55. The van der Waals surface area contributed by atoms with Gasteiger partial charge < -0.3 is 9.88 Å². The van der Waals surface area contributed by atoms with Gasteiger partial charge in [0.05, 0.1) is 0 Å². The number of likely N-dealkylation sites (tertiary alicyclic amines) is 1. The summed E-state index contributed by atoms with van der Waals surface area (Å²) in [5, 5.41) is 0.859. The first-order valence-corrected chi connectivity index (χ1v) is 7.94. The molecule has 1 saturated heterocycles. The Labute approximate surface area is 129 Å². The maximum Gasteiger partial charge on any atom is 0.274 e. The molecule has 0 aliphatic carbocycles. The molecule has 2 aromatic heterocycles. The van der Waals surface area contributed by atoms with Crippen molar-refractivity contribution < 1.29 is 4.79 Å². The fourth-order valence-electron chi connectivity index (χ4n) is 3.17. The molecule has 1 N–H and O–H groups in total. The van der Waals surface area contributed by atoms with Crippen molar-refractivity contribution >= 4 is 16.8 Å². The first kappa shape index (κ1) is 14.8. The molecule has 0 radical (unpaired) electrons. The topological polar surface area (TPSA) is 66.1 Å². The molecule has 1 aliphatic heterocycles. The van der Waals surface area contributed by atoms with Crippen LogP contribution in [0.25, 0.3) is 10.9 Å². The third-order valence-electron chi connectivity index (χ3n) is 4.30. The highest BCUT2D eigenvalue weighted by Gasteiger charge is 2.25. The van der Waals surface area contributed by atoms with Crippen LogP contribution in [0.1, 0.15) is 44.2 Å². The molecule has 0 aromatic carbocycles. The first-order chi connectivity index (χ1) is 10.7. The van der Waals surface area contributed by atoms with Gasteiger partial charge in [0.25, 0.3) is 5.56 Å². The van der Waals surface area contributed by atoms with Gasteiger partial charge in [0.1, 0.15) is 5.52 Å². The second-order valence-electron chi connectivity index (χ2n) is 5.92. The molecule has 1 aliphatic rings. The van der Waals surface area contributed by atoms with Gasteiger partial charge in [-0.3, -0.25) is 14.6 Å². The zero-order valence-corrected chi connectivity index (χ0v) is 12.8. The molecule has 116 valence electrons. The second kappa shape index (κ2) is 6.30. The minimum absolute atomic E-state index is 0.148. The summed E-state index contributed by atoms with van der Waals surface area (Å²) in [7, 11) is 0. The lowest BCUT2D eigenvalue weighted by molar-refractivity contribution is -0.132. The fourth-order valence-corrected chi connectivity index (χ4v) is 3.17. The molecule has 5 heteroatoms. The lowest BCUT2D eigenvalue weighted by Gasteiger charge is -2.33. The van der Waals surface area contributed by atoms with Gasteiger partial charge in [-0.1, -0.05) is 13.0 Å². The molecule has 2 aromatic rings. The Morgan fingerprint density at radius 1 is 1.50 bits per heavy atom. The molecule has 22 heavy (non-hydrogen) atoms. The normalized spacial score (nSPS) is 18.6. The predicted octanol–water partition coefficient (Wildman–Crippen LogP) is 2.43. The van der Waals surface area contributed by atoms with Crippen LogP contribution in [0.2, 0.25) is 0 Å². The number of H-pyrrole nitrogens is 1. The zero-order valence-electron chi connectivity index (χ0n) is 12.8. The number of hydrogen-bond donors (Lipinski definition) is 1. The molecule has 0 bridgehead atoms. The molecule has 1 amide bonds. The highest BCUT2D eigenvalue weighted by Crippen LogP contribution is 2.26. The molecule has 0 saturated carbocycles. The van der Waals surface area contributed by atoms with Crippen LogP contribution in [0, 0.1) is 0 Å². The van der Waals surface area contributed by atoms with Gasteiger partial charge in [-0.05, 0) is 31.4 Å². The number of rotatable bonds is 3. The Balaban J connectivity index is 1.87. The molecular formula is C17H21N3O2. The summed E-state index contributed by atoms with van der Waals surface area (Å²) >= 11 is 0. The number of nitrogens with one attached hydrogen (secondary N) is 1. The van der Waals surface area contributed by atoms with Crippen LogP contribution in [0.3, 0.4) is 0 Å². The smallest absolute Gasteiger partial charge is 0.274 e. The van der Waals surface area contributed by atoms with Crippen molar-refractivity contribution in [2.75, 3.05) is 13.1 Å². The fraction of sp³-hybridized carbons (Fsp3) is 0.471. The number of amides is 1. The Bertz CT molecular complexity index is 738. The van der Waals surface area contributed by atoms with E-state index in [1.807, 2.05) is 30.0 Å². The third-order valence-corrected chi connectivity index (χ3v) is 4.30. The van der Waals surface area contributed by atoms with Gasteiger partial charge in [-0.2, -0.15) is 0 Å². The second-order valence-corrected chi connectivity index (χ2v) is 5.92. The number of pyridine rings is 2. The summed E-state index contributed by atoms with van der Waals surface area (Å²) < 4.78 is 0. The van der Waals surface area contributed by atoms with Crippen LogP contribution in [-0.4, -0.2) is 33.9 Å². The first-order valence-electron chi connectivity index (χ1n) is 7.94. The maximum atomic E-state index is 12.2. The zero-order chi connectivity index (χ0) is 15.5. The van der Waals surface area contributed by atoms with Gasteiger partial charge in [-0.25, -0.2) is 0 Å². The summed E-state index contributed by atoms with van der Waals surface area (Å²) in [6.07, 6.45) is 5.08. The van der Waals surface area contributed by atoms with Gasteiger partial charge in [0.2, 0.25) is 5.91 Å². The van der Waals surface area contributed by atoms with E-state index in [1.165, 1.54) is 0 Å². The molecule has 0 unspecified atom stereocenters. The minimum Gasteiger partial charge on any atom is -0.342 e. The summed E-state index contributed by atoms with van der Waals surface area (Å²) in [5.41, 5.74) is 1.24. The highest BCUT2D eigenvalue weighted by molar-refractivity contribution is 5.78. The van der Waals surface area contributed by atoms with Crippen molar-refractivity contribution in [2.45, 2.75) is 38.5 Å². The highest BCUT2D eigenvalue weighted by atomic mass is 16.2.